The summed E-state index contributed by atoms with van der Waals surface area (Å²) in [6.45, 7) is 2.22. The highest BCUT2D eigenvalue weighted by Crippen LogP contribution is 2.26. The van der Waals surface area contributed by atoms with Crippen LogP contribution in [0.2, 0.25) is 0 Å². The average molecular weight is 396 g/mol. The molecule has 0 aliphatic heterocycles. The van der Waals surface area contributed by atoms with Crippen LogP contribution in [0.25, 0.3) is 10.6 Å². The van der Waals surface area contributed by atoms with Gasteiger partial charge in [-0.25, -0.2) is 0 Å². The third-order valence-corrected chi connectivity index (χ3v) is 4.79. The molecule has 8 heteroatoms. The Morgan fingerprint density at radius 1 is 1.11 bits per heavy atom. The van der Waals surface area contributed by atoms with Crippen LogP contribution in [-0.4, -0.2) is 35.7 Å². The smallest absolute Gasteiger partial charge is 0.251 e. The number of methoxy groups -OCH3 is 1. The molecule has 3 aromatic rings. The zero-order chi connectivity index (χ0) is 19.9. The molecule has 0 bridgehead atoms. The molecule has 0 fully saturated rings. The second-order valence-electron chi connectivity index (χ2n) is 6.07. The molecule has 2 N–H and O–H groups in total. The molecule has 2 amide bonds. The van der Waals surface area contributed by atoms with Gasteiger partial charge in [0.2, 0.25) is 11.0 Å². The topological polar surface area (TPSA) is 93.2 Å². The van der Waals surface area contributed by atoms with Gasteiger partial charge in [-0.3, -0.25) is 9.59 Å². The lowest BCUT2D eigenvalue weighted by molar-refractivity contribution is -0.116. The Hall–Kier alpha value is -3.26. The lowest BCUT2D eigenvalue weighted by atomic mass is 10.1. The molecule has 1 aromatic heterocycles. The number of amides is 2. The molecule has 144 valence electrons. The van der Waals surface area contributed by atoms with E-state index in [1.807, 2.05) is 31.2 Å². The van der Waals surface area contributed by atoms with Crippen molar-refractivity contribution >= 4 is 28.3 Å². The lowest BCUT2D eigenvalue weighted by Crippen LogP contribution is -2.27. The number of carbonyl (C=O) groups is 2. The molecule has 0 aliphatic carbocycles. The molecule has 0 saturated heterocycles. The van der Waals surface area contributed by atoms with E-state index in [4.69, 9.17) is 4.74 Å². The van der Waals surface area contributed by atoms with E-state index in [2.05, 4.69) is 20.8 Å². The summed E-state index contributed by atoms with van der Waals surface area (Å²) in [5.41, 5.74) is 2.57. The van der Waals surface area contributed by atoms with Crippen molar-refractivity contribution < 1.29 is 14.3 Å². The van der Waals surface area contributed by atoms with Crippen molar-refractivity contribution in [1.29, 1.82) is 0 Å². The second-order valence-corrected chi connectivity index (χ2v) is 7.05. The van der Waals surface area contributed by atoms with Crippen LogP contribution in [0.1, 0.15) is 22.3 Å². The van der Waals surface area contributed by atoms with Crippen LogP contribution in [0.4, 0.5) is 5.13 Å². The van der Waals surface area contributed by atoms with Crippen molar-refractivity contribution in [3.05, 3.63) is 59.7 Å². The maximum Gasteiger partial charge on any atom is 0.251 e. The molecule has 0 saturated carbocycles. The maximum absolute atomic E-state index is 12.1. The minimum Gasteiger partial charge on any atom is -0.497 e. The van der Waals surface area contributed by atoms with E-state index >= 15 is 0 Å². The van der Waals surface area contributed by atoms with Crippen LogP contribution in [0, 0.1) is 6.92 Å². The zero-order valence-corrected chi connectivity index (χ0v) is 16.4. The number of anilines is 1. The molecule has 0 atom stereocenters. The Labute approximate surface area is 166 Å². The van der Waals surface area contributed by atoms with Gasteiger partial charge in [0.05, 0.1) is 7.11 Å². The van der Waals surface area contributed by atoms with Crippen molar-refractivity contribution in [2.45, 2.75) is 13.3 Å². The second kappa shape index (κ2) is 9.09. The number of hydrogen-bond acceptors (Lipinski definition) is 6. The van der Waals surface area contributed by atoms with E-state index < -0.39 is 0 Å². The van der Waals surface area contributed by atoms with Gasteiger partial charge in [-0.05, 0) is 31.2 Å². The molecule has 3 rings (SSSR count). The first-order valence-electron chi connectivity index (χ1n) is 8.68. The fourth-order valence-corrected chi connectivity index (χ4v) is 3.26. The number of aryl methyl sites for hydroxylation is 1. The molecule has 0 unspecified atom stereocenters. The summed E-state index contributed by atoms with van der Waals surface area (Å²) < 4.78 is 5.10. The van der Waals surface area contributed by atoms with E-state index in [1.165, 1.54) is 11.3 Å². The summed E-state index contributed by atoms with van der Waals surface area (Å²) in [5, 5.41) is 14.7. The summed E-state index contributed by atoms with van der Waals surface area (Å²) in [4.78, 5) is 24.2. The summed E-state index contributed by atoms with van der Waals surface area (Å²) in [7, 11) is 1.54. The highest BCUT2D eigenvalue weighted by Gasteiger charge is 2.11. The van der Waals surface area contributed by atoms with Gasteiger partial charge in [0, 0.05) is 24.1 Å². The summed E-state index contributed by atoms with van der Waals surface area (Å²) >= 11 is 1.31. The highest BCUT2D eigenvalue weighted by molar-refractivity contribution is 7.18. The molecule has 28 heavy (non-hydrogen) atoms. The van der Waals surface area contributed by atoms with Crippen molar-refractivity contribution in [3.63, 3.8) is 0 Å². The molecule has 2 aromatic carbocycles. The number of benzene rings is 2. The molecule has 0 radical (unpaired) electrons. The van der Waals surface area contributed by atoms with Gasteiger partial charge in [-0.15, -0.1) is 10.2 Å². The van der Waals surface area contributed by atoms with E-state index in [0.717, 1.165) is 16.1 Å². The molecular weight excluding hydrogens is 376 g/mol. The average Bonchev–Trinajstić information content (AvgIpc) is 3.16. The van der Waals surface area contributed by atoms with Gasteiger partial charge in [-0.2, -0.15) is 0 Å². The fraction of sp³-hybridized carbons (Fsp3) is 0.200. The van der Waals surface area contributed by atoms with Crippen LogP contribution < -0.4 is 15.4 Å². The minimum atomic E-state index is -0.260. The van der Waals surface area contributed by atoms with Crippen LogP contribution >= 0.6 is 11.3 Å². The van der Waals surface area contributed by atoms with Gasteiger partial charge in [0.25, 0.3) is 5.91 Å². The summed E-state index contributed by atoms with van der Waals surface area (Å²) in [5.74, 6) is 0.105. The van der Waals surface area contributed by atoms with Gasteiger partial charge in [0.1, 0.15) is 10.8 Å². The molecular formula is C20H20N4O3S. The number of aromatic nitrogens is 2. The van der Waals surface area contributed by atoms with Crippen molar-refractivity contribution in [1.82, 2.24) is 15.5 Å². The number of carbonyl (C=O) groups excluding carboxylic acids is 2. The monoisotopic (exact) mass is 396 g/mol. The van der Waals surface area contributed by atoms with Crippen molar-refractivity contribution in [2.24, 2.45) is 0 Å². The predicted molar refractivity (Wildman–Crippen MR) is 109 cm³/mol. The van der Waals surface area contributed by atoms with Gasteiger partial charge in [0.15, 0.2) is 0 Å². The standard InChI is InChI=1S/C20H20N4O3S/c1-13-5-3-7-15(11-13)19-23-24-20(28-19)22-17(25)9-10-21-18(26)14-6-4-8-16(12-14)27-2/h3-8,11-12H,9-10H2,1-2H3,(H,21,26)(H,22,24,25). The summed E-state index contributed by atoms with van der Waals surface area (Å²) in [6, 6.07) is 14.8. The number of hydrogen-bond donors (Lipinski definition) is 2. The SMILES string of the molecule is COc1cccc(C(=O)NCCC(=O)Nc2nnc(-c3cccc(C)c3)s2)c1. The highest BCUT2D eigenvalue weighted by atomic mass is 32.1. The number of nitrogens with zero attached hydrogens (tertiary/aromatic N) is 2. The minimum absolute atomic E-state index is 0.134. The third kappa shape index (κ3) is 5.14. The Morgan fingerprint density at radius 3 is 2.71 bits per heavy atom. The molecule has 0 aliphatic rings. The molecule has 7 nitrogen and oxygen atoms in total. The maximum atomic E-state index is 12.1. The van der Waals surface area contributed by atoms with E-state index in [1.54, 1.807) is 31.4 Å². The van der Waals surface area contributed by atoms with Gasteiger partial charge < -0.3 is 15.4 Å². The Kier molecular flexibility index (Phi) is 6.33. The van der Waals surface area contributed by atoms with Crippen LogP contribution in [0.3, 0.4) is 0 Å². The Morgan fingerprint density at radius 2 is 1.93 bits per heavy atom. The van der Waals surface area contributed by atoms with E-state index in [-0.39, 0.29) is 24.8 Å². The quantitative estimate of drug-likeness (QED) is 0.639. The molecule has 1 heterocycles. The van der Waals surface area contributed by atoms with Crippen LogP contribution in [0.15, 0.2) is 48.5 Å². The number of rotatable bonds is 7. The van der Waals surface area contributed by atoms with Gasteiger partial charge in [-0.1, -0.05) is 41.2 Å². The summed E-state index contributed by atoms with van der Waals surface area (Å²) in [6.07, 6.45) is 0.134. The van der Waals surface area contributed by atoms with Gasteiger partial charge >= 0.3 is 0 Å². The lowest BCUT2D eigenvalue weighted by Gasteiger charge is -2.06. The molecule has 0 spiro atoms. The zero-order valence-electron chi connectivity index (χ0n) is 15.6. The number of nitrogens with one attached hydrogen (secondary N) is 2. The third-order valence-electron chi connectivity index (χ3n) is 3.91. The van der Waals surface area contributed by atoms with E-state index in [0.29, 0.717) is 16.4 Å². The van der Waals surface area contributed by atoms with Crippen LogP contribution in [-0.2, 0) is 4.79 Å². The van der Waals surface area contributed by atoms with E-state index in [9.17, 15) is 9.59 Å². The van der Waals surface area contributed by atoms with Crippen molar-refractivity contribution in [3.8, 4) is 16.3 Å². The Bertz CT molecular complexity index is 987. The Balaban J connectivity index is 1.49. The van der Waals surface area contributed by atoms with Crippen molar-refractivity contribution in [2.75, 3.05) is 19.0 Å². The largest absolute Gasteiger partial charge is 0.497 e. The predicted octanol–water partition coefficient (Wildman–Crippen LogP) is 3.28. The first-order chi connectivity index (χ1) is 13.5. The first kappa shape index (κ1) is 19.5. The normalized spacial score (nSPS) is 10.4. The van der Waals surface area contributed by atoms with Crippen LogP contribution in [0.5, 0.6) is 5.75 Å². The first-order valence-corrected chi connectivity index (χ1v) is 9.49. The fourth-order valence-electron chi connectivity index (χ4n) is 2.51. The number of ether oxygens (including phenoxy) is 1.